The van der Waals surface area contributed by atoms with Gasteiger partial charge in [0.1, 0.15) is 11.6 Å². The molecule has 0 unspecified atom stereocenters. The number of alkyl halides is 2. The van der Waals surface area contributed by atoms with Gasteiger partial charge in [-0.15, -0.1) is 20.5 Å². The Labute approximate surface area is 160 Å². The molecule has 0 N–H and O–H groups in total. The lowest BCUT2D eigenvalue weighted by Gasteiger charge is -2.40. The van der Waals surface area contributed by atoms with Gasteiger partial charge in [-0.25, -0.2) is 8.78 Å². The first kappa shape index (κ1) is 17.7. The molecule has 0 atom stereocenters. The van der Waals surface area contributed by atoms with Crippen LogP contribution in [-0.4, -0.2) is 4.33 Å². The van der Waals surface area contributed by atoms with Crippen LogP contribution in [0, 0.1) is 11.6 Å². The standard InChI is InChI=1S/C15H8Cl2F2N8/c16-15(17,13(20-24-25-21-13)9-1-5-11(18)6-2-9)14(22-26-27-23-14)10-3-7-12(19)8-4-10/h1-8H. The van der Waals surface area contributed by atoms with Crippen LogP contribution >= 0.6 is 23.2 Å². The molecular formula is C15H8Cl2F2N8. The second-order valence-corrected chi connectivity index (χ2v) is 7.02. The summed E-state index contributed by atoms with van der Waals surface area (Å²) in [5, 5.41) is 30.1. The molecule has 0 saturated heterocycles. The fourth-order valence-corrected chi connectivity index (χ4v) is 3.57. The van der Waals surface area contributed by atoms with Gasteiger partial charge in [-0.2, -0.15) is 0 Å². The molecule has 27 heavy (non-hydrogen) atoms. The van der Waals surface area contributed by atoms with E-state index in [1.807, 2.05) is 0 Å². The normalized spacial score (nSPS) is 19.1. The van der Waals surface area contributed by atoms with Crippen LogP contribution in [0.25, 0.3) is 0 Å². The molecular weight excluding hydrogens is 401 g/mol. The molecule has 0 amide bonds. The van der Waals surface area contributed by atoms with Crippen molar-refractivity contribution in [2.24, 2.45) is 41.4 Å². The van der Waals surface area contributed by atoms with Crippen LogP contribution in [0.5, 0.6) is 0 Å². The second kappa shape index (κ2) is 6.17. The maximum Gasteiger partial charge on any atom is 0.257 e. The molecule has 136 valence electrons. The summed E-state index contributed by atoms with van der Waals surface area (Å²) in [7, 11) is 0. The number of hydrogen-bond acceptors (Lipinski definition) is 8. The SMILES string of the molecule is Fc1ccc(C2(C(Cl)(Cl)C3(c4ccc(F)cc4)N=NN=N3)N=NN=N2)cc1. The quantitative estimate of drug-likeness (QED) is 0.570. The third kappa shape index (κ3) is 2.47. The summed E-state index contributed by atoms with van der Waals surface area (Å²) in [5.41, 5.74) is -3.06. The van der Waals surface area contributed by atoms with E-state index < -0.39 is 27.3 Å². The Balaban J connectivity index is 1.93. The third-order valence-electron chi connectivity index (χ3n) is 4.21. The van der Waals surface area contributed by atoms with Crippen molar-refractivity contribution in [3.05, 3.63) is 71.3 Å². The Kier molecular flexibility index (Phi) is 4.04. The molecule has 4 rings (SSSR count). The van der Waals surface area contributed by atoms with E-state index in [9.17, 15) is 8.78 Å². The molecule has 0 fully saturated rings. The summed E-state index contributed by atoms with van der Waals surface area (Å²) in [6.45, 7) is 0. The first-order valence-electron chi connectivity index (χ1n) is 7.49. The van der Waals surface area contributed by atoms with Gasteiger partial charge in [-0.1, -0.05) is 47.5 Å². The molecule has 0 bridgehead atoms. The Morgan fingerprint density at radius 3 is 1.19 bits per heavy atom. The predicted octanol–water partition coefficient (Wildman–Crippen LogP) is 5.81. The maximum atomic E-state index is 13.4. The van der Waals surface area contributed by atoms with E-state index in [-0.39, 0.29) is 11.1 Å². The van der Waals surface area contributed by atoms with Gasteiger partial charge in [0.15, 0.2) is 0 Å². The van der Waals surface area contributed by atoms with Crippen LogP contribution in [0.4, 0.5) is 8.78 Å². The van der Waals surface area contributed by atoms with Crippen LogP contribution in [0.15, 0.2) is 89.9 Å². The molecule has 2 heterocycles. The monoisotopic (exact) mass is 408 g/mol. The molecule has 0 aromatic heterocycles. The van der Waals surface area contributed by atoms with Crippen LogP contribution in [0.1, 0.15) is 11.1 Å². The highest BCUT2D eigenvalue weighted by molar-refractivity contribution is 6.50. The Hall–Kier alpha value is -2.72. The number of benzene rings is 2. The van der Waals surface area contributed by atoms with Gasteiger partial charge in [-0.3, -0.25) is 0 Å². The lowest BCUT2D eigenvalue weighted by atomic mass is 9.85. The van der Waals surface area contributed by atoms with Gasteiger partial charge in [0.25, 0.3) is 11.3 Å². The summed E-state index contributed by atoms with van der Waals surface area (Å²) >= 11 is 13.5. The highest BCUT2D eigenvalue weighted by atomic mass is 35.5. The second-order valence-electron chi connectivity index (χ2n) is 5.69. The molecule has 0 aliphatic carbocycles. The van der Waals surface area contributed by atoms with Gasteiger partial charge in [0.05, 0.1) is 0 Å². The van der Waals surface area contributed by atoms with Crippen LogP contribution in [-0.2, 0) is 11.3 Å². The zero-order valence-electron chi connectivity index (χ0n) is 13.2. The molecule has 2 aliphatic rings. The number of halogens is 4. The van der Waals surface area contributed by atoms with Crippen molar-refractivity contribution in [3.63, 3.8) is 0 Å². The van der Waals surface area contributed by atoms with Crippen molar-refractivity contribution >= 4 is 23.2 Å². The fraction of sp³-hybridized carbons (Fsp3) is 0.200. The van der Waals surface area contributed by atoms with Crippen molar-refractivity contribution in [1.82, 2.24) is 0 Å². The summed E-state index contributed by atoms with van der Waals surface area (Å²) in [4.78, 5) is 0. The maximum absolute atomic E-state index is 13.4. The van der Waals surface area contributed by atoms with E-state index in [2.05, 4.69) is 41.4 Å². The largest absolute Gasteiger partial charge is 0.257 e. The third-order valence-corrected chi connectivity index (χ3v) is 5.26. The van der Waals surface area contributed by atoms with Crippen molar-refractivity contribution in [2.75, 3.05) is 0 Å². The van der Waals surface area contributed by atoms with Gasteiger partial charge < -0.3 is 0 Å². The summed E-state index contributed by atoms with van der Waals surface area (Å²) < 4.78 is 24.7. The molecule has 0 spiro atoms. The fourth-order valence-electron chi connectivity index (χ4n) is 2.83. The highest BCUT2D eigenvalue weighted by Crippen LogP contribution is 2.60. The van der Waals surface area contributed by atoms with E-state index in [0.29, 0.717) is 0 Å². The van der Waals surface area contributed by atoms with Gasteiger partial charge >= 0.3 is 0 Å². The Morgan fingerprint density at radius 1 is 0.593 bits per heavy atom. The lowest BCUT2D eigenvalue weighted by molar-refractivity contribution is 0.268. The van der Waals surface area contributed by atoms with Crippen LogP contribution in [0.2, 0.25) is 0 Å². The molecule has 8 nitrogen and oxygen atoms in total. The van der Waals surface area contributed by atoms with Gasteiger partial charge in [0.2, 0.25) is 4.33 Å². The topological polar surface area (TPSA) is 98.9 Å². The van der Waals surface area contributed by atoms with E-state index in [4.69, 9.17) is 23.2 Å². The van der Waals surface area contributed by atoms with Gasteiger partial charge in [-0.05, 0) is 45.2 Å². The zero-order chi connectivity index (χ0) is 19.1. The van der Waals surface area contributed by atoms with Crippen molar-refractivity contribution in [3.8, 4) is 0 Å². The molecule has 12 heteroatoms. The van der Waals surface area contributed by atoms with E-state index >= 15 is 0 Å². The van der Waals surface area contributed by atoms with Crippen LogP contribution in [0.3, 0.4) is 0 Å². The molecule has 2 aliphatic heterocycles. The molecule has 2 aromatic carbocycles. The number of nitrogens with zero attached hydrogens (tertiary/aromatic N) is 8. The predicted molar refractivity (Wildman–Crippen MR) is 90.0 cm³/mol. The average Bonchev–Trinajstić information content (AvgIpc) is 3.34. The van der Waals surface area contributed by atoms with Crippen molar-refractivity contribution < 1.29 is 8.78 Å². The minimum Gasteiger partial charge on any atom is -0.207 e. The zero-order valence-corrected chi connectivity index (χ0v) is 14.7. The first-order chi connectivity index (χ1) is 12.9. The average molecular weight is 409 g/mol. The minimum absolute atomic E-state index is 0.290. The lowest BCUT2D eigenvalue weighted by Crippen LogP contribution is -2.53. The van der Waals surface area contributed by atoms with E-state index in [1.165, 1.54) is 48.5 Å². The van der Waals surface area contributed by atoms with E-state index in [0.717, 1.165) is 0 Å². The van der Waals surface area contributed by atoms with Crippen LogP contribution < -0.4 is 0 Å². The highest BCUT2D eigenvalue weighted by Gasteiger charge is 2.69. The van der Waals surface area contributed by atoms with Crippen molar-refractivity contribution in [1.29, 1.82) is 0 Å². The Bertz CT molecular complexity index is 882. The minimum atomic E-state index is -2.09. The summed E-state index contributed by atoms with van der Waals surface area (Å²) in [6, 6.07) is 10.3. The molecule has 0 radical (unpaired) electrons. The molecule has 2 aromatic rings. The van der Waals surface area contributed by atoms with Crippen molar-refractivity contribution in [2.45, 2.75) is 15.7 Å². The van der Waals surface area contributed by atoms with Gasteiger partial charge in [0, 0.05) is 11.1 Å². The summed E-state index contributed by atoms with van der Waals surface area (Å²) in [6.07, 6.45) is 0. The molecule has 0 saturated carbocycles. The number of rotatable bonds is 4. The Morgan fingerprint density at radius 2 is 0.889 bits per heavy atom. The smallest absolute Gasteiger partial charge is 0.207 e. The van der Waals surface area contributed by atoms with E-state index in [1.54, 1.807) is 0 Å². The first-order valence-corrected chi connectivity index (χ1v) is 8.25. The summed E-state index contributed by atoms with van der Waals surface area (Å²) in [5.74, 6) is -0.965. The number of hydrogen-bond donors (Lipinski definition) is 0.